The smallest absolute Gasteiger partial charge is 0.250 e. The number of aliphatic imine (C=N–C) groups is 1. The Balaban J connectivity index is 1.55. The van der Waals surface area contributed by atoms with E-state index in [1.54, 1.807) is 11.0 Å². The standard InChI is InChI=1S/C24H24N2O3/c27-22-17-18(11-14-25-22)23(28)26-15-12-21(13-16-26)24(29,19-7-3-1-4-8-19)20-9-5-2-6-10-20/h1-11,14,21,29H,12-13,15-17H2. The number of nitrogens with zero attached hydrogens (tertiary/aromatic N) is 2. The topological polar surface area (TPSA) is 70.0 Å². The molecule has 29 heavy (non-hydrogen) atoms. The molecule has 0 saturated carbocycles. The number of piperidine rings is 1. The first-order valence-electron chi connectivity index (χ1n) is 9.98. The van der Waals surface area contributed by atoms with Crippen LogP contribution in [0.15, 0.2) is 77.3 Å². The Labute approximate surface area is 170 Å². The maximum absolute atomic E-state index is 12.8. The van der Waals surface area contributed by atoms with Gasteiger partial charge in [-0.3, -0.25) is 9.59 Å². The number of dihydropyridines is 1. The van der Waals surface area contributed by atoms with Gasteiger partial charge in [0.15, 0.2) is 0 Å². The van der Waals surface area contributed by atoms with Gasteiger partial charge in [0.1, 0.15) is 5.60 Å². The Morgan fingerprint density at radius 1 is 0.966 bits per heavy atom. The summed E-state index contributed by atoms with van der Waals surface area (Å²) in [6.07, 6.45) is 4.45. The minimum atomic E-state index is -1.11. The highest BCUT2D eigenvalue weighted by atomic mass is 16.3. The highest BCUT2D eigenvalue weighted by Gasteiger charge is 2.42. The molecule has 2 aromatic rings. The molecule has 0 bridgehead atoms. The van der Waals surface area contributed by atoms with Gasteiger partial charge in [-0.2, -0.15) is 0 Å². The van der Waals surface area contributed by atoms with E-state index in [1.165, 1.54) is 6.21 Å². The van der Waals surface area contributed by atoms with Crippen LogP contribution in [0.4, 0.5) is 0 Å². The fourth-order valence-electron chi connectivity index (χ4n) is 4.35. The zero-order valence-corrected chi connectivity index (χ0v) is 16.2. The zero-order chi connectivity index (χ0) is 20.3. The number of carbonyl (C=O) groups is 2. The molecule has 2 amide bonds. The molecule has 2 heterocycles. The molecule has 0 spiro atoms. The van der Waals surface area contributed by atoms with E-state index in [2.05, 4.69) is 4.99 Å². The van der Waals surface area contributed by atoms with E-state index in [-0.39, 0.29) is 24.2 Å². The summed E-state index contributed by atoms with van der Waals surface area (Å²) in [5.41, 5.74) is 1.12. The van der Waals surface area contributed by atoms with Crippen molar-refractivity contribution < 1.29 is 14.7 Å². The minimum Gasteiger partial charge on any atom is -0.380 e. The van der Waals surface area contributed by atoms with Gasteiger partial charge >= 0.3 is 0 Å². The van der Waals surface area contributed by atoms with Crippen LogP contribution in [0.1, 0.15) is 30.4 Å². The van der Waals surface area contributed by atoms with E-state index in [1.807, 2.05) is 60.7 Å². The van der Waals surface area contributed by atoms with Crippen molar-refractivity contribution in [1.29, 1.82) is 0 Å². The number of hydrogen-bond acceptors (Lipinski definition) is 3. The fourth-order valence-corrected chi connectivity index (χ4v) is 4.35. The van der Waals surface area contributed by atoms with Gasteiger partial charge in [0.25, 0.3) is 0 Å². The third kappa shape index (κ3) is 3.78. The predicted molar refractivity (Wildman–Crippen MR) is 111 cm³/mol. The summed E-state index contributed by atoms with van der Waals surface area (Å²) in [6.45, 7) is 1.10. The lowest BCUT2D eigenvalue weighted by atomic mass is 9.72. The van der Waals surface area contributed by atoms with Crippen LogP contribution in [-0.2, 0) is 15.2 Å². The van der Waals surface area contributed by atoms with E-state index in [0.717, 1.165) is 11.1 Å². The molecule has 1 saturated heterocycles. The molecule has 0 aromatic heterocycles. The largest absolute Gasteiger partial charge is 0.380 e. The van der Waals surface area contributed by atoms with Crippen molar-refractivity contribution >= 4 is 18.0 Å². The first-order chi connectivity index (χ1) is 14.1. The van der Waals surface area contributed by atoms with Crippen molar-refractivity contribution in [2.24, 2.45) is 10.9 Å². The van der Waals surface area contributed by atoms with Gasteiger partial charge in [-0.1, -0.05) is 60.7 Å². The number of aliphatic hydroxyl groups is 1. The van der Waals surface area contributed by atoms with Gasteiger partial charge < -0.3 is 10.0 Å². The lowest BCUT2D eigenvalue weighted by molar-refractivity contribution is -0.131. The third-order valence-corrected chi connectivity index (χ3v) is 5.91. The van der Waals surface area contributed by atoms with E-state index in [0.29, 0.717) is 31.5 Å². The van der Waals surface area contributed by atoms with E-state index >= 15 is 0 Å². The molecular weight excluding hydrogens is 364 g/mol. The second kappa shape index (κ2) is 8.13. The first kappa shape index (κ1) is 19.3. The Bertz CT molecular complexity index is 903. The molecule has 2 aliphatic rings. The van der Waals surface area contributed by atoms with Crippen LogP contribution in [-0.4, -0.2) is 41.1 Å². The Morgan fingerprint density at radius 2 is 1.52 bits per heavy atom. The average Bonchev–Trinajstić information content (AvgIpc) is 2.79. The SMILES string of the molecule is O=C1CC(C(=O)N2CCC(C(O)(c3ccccc3)c3ccccc3)CC2)=CC=N1. The summed E-state index contributed by atoms with van der Waals surface area (Å²) in [7, 11) is 0. The highest BCUT2D eigenvalue weighted by Crippen LogP contribution is 2.42. The predicted octanol–water partition coefficient (Wildman–Crippen LogP) is 3.09. The summed E-state index contributed by atoms with van der Waals surface area (Å²) in [6, 6.07) is 19.5. The van der Waals surface area contributed by atoms with Crippen LogP contribution >= 0.6 is 0 Å². The summed E-state index contributed by atoms with van der Waals surface area (Å²) in [5, 5.41) is 11.9. The van der Waals surface area contributed by atoms with Gasteiger partial charge in [0, 0.05) is 24.9 Å². The number of benzene rings is 2. The van der Waals surface area contributed by atoms with Crippen LogP contribution in [0.5, 0.6) is 0 Å². The van der Waals surface area contributed by atoms with Crippen molar-refractivity contribution in [1.82, 2.24) is 4.90 Å². The normalized spacial score (nSPS) is 17.9. The third-order valence-electron chi connectivity index (χ3n) is 5.91. The number of hydrogen-bond donors (Lipinski definition) is 1. The summed E-state index contributed by atoms with van der Waals surface area (Å²) >= 11 is 0. The van der Waals surface area contributed by atoms with E-state index < -0.39 is 5.60 Å². The van der Waals surface area contributed by atoms with Crippen LogP contribution in [0.25, 0.3) is 0 Å². The maximum atomic E-state index is 12.8. The van der Waals surface area contributed by atoms with Crippen molar-refractivity contribution in [3.05, 3.63) is 83.4 Å². The first-order valence-corrected chi connectivity index (χ1v) is 9.98. The number of likely N-dealkylation sites (tertiary alicyclic amines) is 1. The summed E-state index contributed by atoms with van der Waals surface area (Å²) in [4.78, 5) is 29.7. The Hall–Kier alpha value is -3.05. The molecule has 0 atom stereocenters. The molecule has 1 fully saturated rings. The van der Waals surface area contributed by atoms with Crippen molar-refractivity contribution in [2.45, 2.75) is 24.9 Å². The number of rotatable bonds is 4. The maximum Gasteiger partial charge on any atom is 0.250 e. The summed E-state index contributed by atoms with van der Waals surface area (Å²) in [5.74, 6) is -0.404. The Kier molecular flexibility index (Phi) is 5.41. The van der Waals surface area contributed by atoms with E-state index in [9.17, 15) is 14.7 Å². The second-order valence-electron chi connectivity index (χ2n) is 7.61. The quantitative estimate of drug-likeness (QED) is 0.875. The van der Waals surface area contributed by atoms with Gasteiger partial charge in [-0.15, -0.1) is 0 Å². The molecule has 1 N–H and O–H groups in total. The van der Waals surface area contributed by atoms with Crippen LogP contribution < -0.4 is 0 Å². The number of carbonyl (C=O) groups excluding carboxylic acids is 2. The van der Waals surface area contributed by atoms with Crippen molar-refractivity contribution in [3.63, 3.8) is 0 Å². The van der Waals surface area contributed by atoms with Crippen LogP contribution in [0.3, 0.4) is 0 Å². The molecule has 4 rings (SSSR count). The average molecular weight is 388 g/mol. The molecule has 5 heteroatoms. The van der Waals surface area contributed by atoms with Crippen LogP contribution in [0.2, 0.25) is 0 Å². The number of amides is 2. The summed E-state index contributed by atoms with van der Waals surface area (Å²) < 4.78 is 0. The van der Waals surface area contributed by atoms with E-state index in [4.69, 9.17) is 0 Å². The van der Waals surface area contributed by atoms with Gasteiger partial charge in [0.2, 0.25) is 11.8 Å². The molecule has 2 aliphatic heterocycles. The molecule has 0 aliphatic carbocycles. The molecule has 5 nitrogen and oxygen atoms in total. The van der Waals surface area contributed by atoms with Gasteiger partial charge in [0.05, 0.1) is 6.42 Å². The molecule has 0 unspecified atom stereocenters. The number of allylic oxidation sites excluding steroid dienone is 1. The molecule has 0 radical (unpaired) electrons. The molecular formula is C24H24N2O3. The molecule has 2 aromatic carbocycles. The molecule has 148 valence electrons. The lowest BCUT2D eigenvalue weighted by Gasteiger charge is -2.42. The zero-order valence-electron chi connectivity index (χ0n) is 16.2. The van der Waals surface area contributed by atoms with Gasteiger partial charge in [-0.05, 0) is 36.0 Å². The van der Waals surface area contributed by atoms with Crippen LogP contribution in [0, 0.1) is 5.92 Å². The van der Waals surface area contributed by atoms with Gasteiger partial charge in [-0.25, -0.2) is 4.99 Å². The Morgan fingerprint density at radius 3 is 2.03 bits per heavy atom. The lowest BCUT2D eigenvalue weighted by Crippen LogP contribution is -2.46. The monoisotopic (exact) mass is 388 g/mol. The van der Waals surface area contributed by atoms with Crippen molar-refractivity contribution in [2.75, 3.05) is 13.1 Å². The van der Waals surface area contributed by atoms with Crippen molar-refractivity contribution in [3.8, 4) is 0 Å². The minimum absolute atomic E-state index is 0.0140. The second-order valence-corrected chi connectivity index (χ2v) is 7.61. The fraction of sp³-hybridized carbons (Fsp3) is 0.292. The highest BCUT2D eigenvalue weighted by molar-refractivity contribution is 6.06.